The van der Waals surface area contributed by atoms with Gasteiger partial charge >= 0.3 is 11.6 Å². The molecule has 2 aromatic carbocycles. The molecule has 3 aromatic rings. The highest BCUT2D eigenvalue weighted by Crippen LogP contribution is 2.34. The highest BCUT2D eigenvalue weighted by molar-refractivity contribution is 5.82. The lowest BCUT2D eigenvalue weighted by atomic mass is 10.1. The van der Waals surface area contributed by atoms with Gasteiger partial charge in [0.1, 0.15) is 24.0 Å². The Bertz CT molecular complexity index is 1090. The number of hydrogen-bond acceptors (Lipinski definition) is 7. The molecule has 2 heterocycles. The van der Waals surface area contributed by atoms with Crippen molar-refractivity contribution in [2.75, 3.05) is 7.11 Å². The fourth-order valence-corrected chi connectivity index (χ4v) is 3.07. The topological polar surface area (TPSA) is 84.2 Å². The summed E-state index contributed by atoms with van der Waals surface area (Å²) >= 11 is 0. The number of rotatable bonds is 4. The van der Waals surface area contributed by atoms with Crippen LogP contribution in [0.2, 0.25) is 0 Å². The molecule has 0 saturated carbocycles. The van der Waals surface area contributed by atoms with Gasteiger partial charge in [0.25, 0.3) is 0 Å². The maximum absolute atomic E-state index is 12.6. The summed E-state index contributed by atoms with van der Waals surface area (Å²) in [4.78, 5) is 24.4. The minimum Gasteiger partial charge on any atom is -0.497 e. The maximum atomic E-state index is 12.6. The minimum absolute atomic E-state index is 0.0957. The fraction of sp³-hybridized carbons (Fsp3) is 0.238. The van der Waals surface area contributed by atoms with E-state index in [1.165, 1.54) is 13.2 Å². The molecule has 0 unspecified atom stereocenters. The molecule has 0 amide bonds. The number of hydrogen-bond donors (Lipinski definition) is 0. The Balaban J connectivity index is 1.53. The summed E-state index contributed by atoms with van der Waals surface area (Å²) in [5.41, 5.74) is 0.357. The maximum Gasteiger partial charge on any atom is 0.351 e. The van der Waals surface area contributed by atoms with Crippen LogP contribution in [0.15, 0.2) is 57.7 Å². The molecule has 0 fully saturated rings. The van der Waals surface area contributed by atoms with Crippen molar-refractivity contribution >= 4 is 16.9 Å². The van der Waals surface area contributed by atoms with E-state index in [2.05, 4.69) is 0 Å². The molecule has 2 atom stereocenters. The molecule has 0 spiro atoms. The highest BCUT2D eigenvalue weighted by Gasteiger charge is 2.35. The van der Waals surface area contributed by atoms with Crippen LogP contribution in [-0.2, 0) is 16.1 Å². The smallest absolute Gasteiger partial charge is 0.351 e. The minimum atomic E-state index is -0.902. The van der Waals surface area contributed by atoms with Crippen LogP contribution in [0.4, 0.5) is 0 Å². The van der Waals surface area contributed by atoms with E-state index < -0.39 is 23.8 Å². The zero-order valence-electron chi connectivity index (χ0n) is 15.3. The predicted octanol–water partition coefficient (Wildman–Crippen LogP) is 3.07. The van der Waals surface area contributed by atoms with E-state index in [0.717, 1.165) is 0 Å². The van der Waals surface area contributed by atoms with Crippen molar-refractivity contribution in [2.24, 2.45) is 0 Å². The van der Waals surface area contributed by atoms with Gasteiger partial charge in [-0.1, -0.05) is 12.1 Å². The second kappa shape index (κ2) is 7.26. The van der Waals surface area contributed by atoms with Crippen molar-refractivity contribution in [2.45, 2.75) is 25.7 Å². The average Bonchev–Trinajstić information content (AvgIpc) is 2.70. The van der Waals surface area contributed by atoms with Gasteiger partial charge in [0.15, 0.2) is 11.5 Å². The van der Waals surface area contributed by atoms with Gasteiger partial charge in [-0.15, -0.1) is 0 Å². The molecule has 0 saturated heterocycles. The SMILES string of the molecule is COc1ccc2c(COC(=O)[C@@H]3Oc4ccccc4O[C@@H]3C)cc(=O)oc2c1. The molecule has 28 heavy (non-hydrogen) atoms. The summed E-state index contributed by atoms with van der Waals surface area (Å²) < 4.78 is 27.2. The lowest BCUT2D eigenvalue weighted by Gasteiger charge is -2.30. The number of benzene rings is 2. The normalized spacial score (nSPS) is 17.9. The van der Waals surface area contributed by atoms with Gasteiger partial charge in [-0.2, -0.15) is 0 Å². The van der Waals surface area contributed by atoms with Crippen LogP contribution in [0.25, 0.3) is 11.0 Å². The van der Waals surface area contributed by atoms with Crippen LogP contribution in [0.5, 0.6) is 17.2 Å². The van der Waals surface area contributed by atoms with Gasteiger partial charge in [0.2, 0.25) is 6.10 Å². The number of fused-ring (bicyclic) bond motifs is 2. The van der Waals surface area contributed by atoms with Gasteiger partial charge in [-0.05, 0) is 31.2 Å². The standard InChI is InChI=1S/C21H18O7/c1-12-20(28-17-6-4-3-5-16(17)26-12)21(23)25-11-13-9-19(22)27-18-10-14(24-2)7-8-15(13)18/h3-10,12,20H,11H2,1-2H3/t12-,20-/m1/s1. The molecule has 0 bridgehead atoms. The Hall–Kier alpha value is -3.48. The average molecular weight is 382 g/mol. The Labute approximate surface area is 160 Å². The van der Waals surface area contributed by atoms with Crippen LogP contribution in [0.3, 0.4) is 0 Å². The van der Waals surface area contributed by atoms with Gasteiger partial charge in [-0.3, -0.25) is 0 Å². The lowest BCUT2D eigenvalue weighted by Crippen LogP contribution is -2.44. The third-order valence-electron chi connectivity index (χ3n) is 4.48. The quantitative estimate of drug-likeness (QED) is 0.506. The zero-order chi connectivity index (χ0) is 19.7. The molecular formula is C21H18O7. The molecule has 0 aliphatic carbocycles. The summed E-state index contributed by atoms with van der Waals surface area (Å²) in [6.45, 7) is 1.64. The Kier molecular flexibility index (Phi) is 4.65. The number of ether oxygens (including phenoxy) is 4. The Morgan fingerprint density at radius 3 is 2.57 bits per heavy atom. The number of carbonyl (C=O) groups excluding carboxylic acids is 1. The number of para-hydroxylation sites is 2. The van der Waals surface area contributed by atoms with Crippen LogP contribution in [0, 0.1) is 0 Å². The van der Waals surface area contributed by atoms with Crippen LogP contribution in [-0.4, -0.2) is 25.3 Å². The highest BCUT2D eigenvalue weighted by atomic mass is 16.6. The summed E-state index contributed by atoms with van der Waals surface area (Å²) in [5.74, 6) is 1.06. The van der Waals surface area contributed by atoms with E-state index in [1.807, 2.05) is 6.07 Å². The second-order valence-corrected chi connectivity index (χ2v) is 6.37. The summed E-state index contributed by atoms with van der Waals surface area (Å²) in [6.07, 6.45) is -1.41. The zero-order valence-corrected chi connectivity index (χ0v) is 15.3. The number of esters is 1. The van der Waals surface area contributed by atoms with Crippen molar-refractivity contribution in [3.8, 4) is 17.2 Å². The third-order valence-corrected chi connectivity index (χ3v) is 4.48. The van der Waals surface area contributed by atoms with Crippen LogP contribution >= 0.6 is 0 Å². The molecule has 0 N–H and O–H groups in total. The van der Waals surface area contributed by atoms with Gasteiger partial charge in [-0.25, -0.2) is 9.59 Å². The van der Waals surface area contributed by atoms with Crippen molar-refractivity contribution in [1.29, 1.82) is 0 Å². The van der Waals surface area contributed by atoms with E-state index in [-0.39, 0.29) is 6.61 Å². The van der Waals surface area contributed by atoms with Crippen molar-refractivity contribution in [1.82, 2.24) is 0 Å². The second-order valence-electron chi connectivity index (χ2n) is 6.37. The van der Waals surface area contributed by atoms with E-state index in [0.29, 0.717) is 33.8 Å². The first-order chi connectivity index (χ1) is 13.5. The molecule has 4 rings (SSSR count). The van der Waals surface area contributed by atoms with Crippen LogP contribution in [0.1, 0.15) is 12.5 Å². The fourth-order valence-electron chi connectivity index (χ4n) is 3.07. The van der Waals surface area contributed by atoms with Crippen molar-refractivity contribution in [3.63, 3.8) is 0 Å². The molecule has 7 nitrogen and oxygen atoms in total. The number of methoxy groups -OCH3 is 1. The Morgan fingerprint density at radius 2 is 1.82 bits per heavy atom. The first kappa shape index (κ1) is 17.9. The monoisotopic (exact) mass is 382 g/mol. The Morgan fingerprint density at radius 1 is 1.07 bits per heavy atom. The van der Waals surface area contributed by atoms with Gasteiger partial charge in [0, 0.05) is 23.1 Å². The van der Waals surface area contributed by atoms with Crippen molar-refractivity contribution in [3.05, 3.63) is 64.5 Å². The summed E-state index contributed by atoms with van der Waals surface area (Å²) in [6, 6.07) is 13.5. The predicted molar refractivity (Wildman–Crippen MR) is 99.8 cm³/mol. The van der Waals surface area contributed by atoms with Gasteiger partial charge < -0.3 is 23.4 Å². The molecule has 7 heteroatoms. The van der Waals surface area contributed by atoms with E-state index >= 15 is 0 Å². The first-order valence-electron chi connectivity index (χ1n) is 8.75. The van der Waals surface area contributed by atoms with Crippen LogP contribution < -0.4 is 19.8 Å². The molecule has 1 aromatic heterocycles. The van der Waals surface area contributed by atoms with E-state index in [9.17, 15) is 9.59 Å². The summed E-state index contributed by atoms with van der Waals surface area (Å²) in [5, 5.41) is 0.660. The van der Waals surface area contributed by atoms with E-state index in [1.54, 1.807) is 43.3 Å². The van der Waals surface area contributed by atoms with Gasteiger partial charge in [0.05, 0.1) is 7.11 Å². The first-order valence-corrected chi connectivity index (χ1v) is 8.75. The lowest BCUT2D eigenvalue weighted by molar-refractivity contribution is -0.159. The third kappa shape index (κ3) is 3.38. The largest absolute Gasteiger partial charge is 0.497 e. The molecule has 144 valence electrons. The molecule has 1 aliphatic heterocycles. The number of carbonyl (C=O) groups is 1. The molecular weight excluding hydrogens is 364 g/mol. The van der Waals surface area contributed by atoms with Crippen molar-refractivity contribution < 1.29 is 28.2 Å². The summed E-state index contributed by atoms with van der Waals surface area (Å²) in [7, 11) is 1.52. The van der Waals surface area contributed by atoms with E-state index in [4.69, 9.17) is 23.4 Å². The molecule has 1 aliphatic rings. The molecule has 0 radical (unpaired) electrons.